The number of nitrogens with zero attached hydrogens (tertiary/aromatic N) is 2. The Morgan fingerprint density at radius 3 is 2.39 bits per heavy atom. The molecular weight excluding hydrogens is 506 g/mol. The molecule has 1 N–H and O–H groups in total. The number of rotatable bonds is 15. The molecule has 0 radical (unpaired) electrons. The van der Waals surface area contributed by atoms with Crippen molar-refractivity contribution < 1.29 is 27.5 Å². The van der Waals surface area contributed by atoms with Crippen LogP contribution < -0.4 is 19.1 Å². The predicted octanol–water partition coefficient (Wildman–Crippen LogP) is 3.97. The smallest absolute Gasteiger partial charge is 0.242 e. The van der Waals surface area contributed by atoms with E-state index in [1.807, 2.05) is 45.0 Å². The van der Waals surface area contributed by atoms with E-state index < -0.39 is 16.1 Å². The maximum atomic E-state index is 13.5. The number of benzene rings is 2. The lowest BCUT2D eigenvalue weighted by molar-refractivity contribution is -0.140. The zero-order valence-electron chi connectivity index (χ0n) is 23.3. The molecule has 0 aromatic heterocycles. The van der Waals surface area contributed by atoms with Gasteiger partial charge in [0.2, 0.25) is 21.8 Å². The van der Waals surface area contributed by atoms with Crippen LogP contribution in [0, 0.1) is 0 Å². The molecule has 2 amide bonds. The van der Waals surface area contributed by atoms with E-state index in [1.165, 1.54) is 9.21 Å². The van der Waals surface area contributed by atoms with Gasteiger partial charge in [-0.05, 0) is 63.4 Å². The van der Waals surface area contributed by atoms with Crippen LogP contribution in [0.15, 0.2) is 48.5 Å². The van der Waals surface area contributed by atoms with Crippen molar-refractivity contribution in [2.24, 2.45) is 0 Å². The second kappa shape index (κ2) is 14.6. The number of anilines is 1. The minimum Gasteiger partial charge on any atom is -0.497 e. The van der Waals surface area contributed by atoms with Gasteiger partial charge in [0.25, 0.3) is 0 Å². The fourth-order valence-corrected chi connectivity index (χ4v) is 4.91. The van der Waals surface area contributed by atoms with Crippen molar-refractivity contribution in [1.29, 1.82) is 0 Å². The molecule has 0 saturated heterocycles. The maximum absolute atomic E-state index is 13.5. The number of sulfonamides is 1. The van der Waals surface area contributed by atoms with Crippen molar-refractivity contribution in [1.82, 2.24) is 10.2 Å². The summed E-state index contributed by atoms with van der Waals surface area (Å²) in [5.41, 5.74) is 1.25. The largest absolute Gasteiger partial charge is 0.497 e. The van der Waals surface area contributed by atoms with Gasteiger partial charge >= 0.3 is 0 Å². The first-order valence-corrected chi connectivity index (χ1v) is 14.8. The van der Waals surface area contributed by atoms with Crippen LogP contribution in [0.5, 0.6) is 11.5 Å². The van der Waals surface area contributed by atoms with Crippen LogP contribution in [0.25, 0.3) is 0 Å². The molecule has 0 aliphatic rings. The summed E-state index contributed by atoms with van der Waals surface area (Å²) in [5.74, 6) is 0.635. The van der Waals surface area contributed by atoms with Crippen molar-refractivity contribution in [2.45, 2.75) is 65.6 Å². The molecule has 38 heavy (non-hydrogen) atoms. The van der Waals surface area contributed by atoms with Crippen molar-refractivity contribution in [3.63, 3.8) is 0 Å². The third-order valence-electron chi connectivity index (χ3n) is 6.24. The Bertz CT molecular complexity index is 1170. The van der Waals surface area contributed by atoms with Crippen LogP contribution in [0.4, 0.5) is 5.69 Å². The topological polar surface area (TPSA) is 105 Å². The quantitative estimate of drug-likeness (QED) is 0.362. The van der Waals surface area contributed by atoms with E-state index in [2.05, 4.69) is 5.32 Å². The molecule has 0 aliphatic heterocycles. The Kier molecular flexibility index (Phi) is 11.9. The number of nitrogens with one attached hydrogen (secondary N) is 1. The number of amides is 2. The zero-order chi connectivity index (χ0) is 28.3. The van der Waals surface area contributed by atoms with Gasteiger partial charge in [-0.2, -0.15) is 0 Å². The summed E-state index contributed by atoms with van der Waals surface area (Å²) in [6, 6.07) is 13.5. The van der Waals surface area contributed by atoms with Crippen LogP contribution in [0.2, 0.25) is 0 Å². The van der Waals surface area contributed by atoms with Crippen LogP contribution >= 0.6 is 0 Å². The molecular formula is C28H41N3O6S. The van der Waals surface area contributed by atoms with E-state index in [4.69, 9.17) is 9.47 Å². The summed E-state index contributed by atoms with van der Waals surface area (Å²) in [6.07, 6.45) is 2.23. The van der Waals surface area contributed by atoms with E-state index in [0.717, 1.165) is 18.2 Å². The standard InChI is InChI=1S/C28H41N3O6S/c1-7-21(3)29-28(33)22(4)30(20-23-13-11-14-24(19-23)36-5)27(32)17-12-18-31(38(6,34)35)25-15-9-10-16-26(25)37-8-2/h9-11,13-16,19,21-22H,7-8,12,17-18,20H2,1-6H3,(H,29,33)/t21-,22+/m0/s1. The van der Waals surface area contributed by atoms with Crippen LogP contribution in [0.3, 0.4) is 0 Å². The van der Waals surface area contributed by atoms with Crippen LogP contribution in [-0.2, 0) is 26.2 Å². The lowest BCUT2D eigenvalue weighted by atomic mass is 10.1. The van der Waals surface area contributed by atoms with Gasteiger partial charge in [0.15, 0.2) is 0 Å². The number of hydrogen-bond donors (Lipinski definition) is 1. The maximum Gasteiger partial charge on any atom is 0.242 e. The molecule has 0 saturated carbocycles. The Balaban J connectivity index is 2.23. The average molecular weight is 548 g/mol. The van der Waals surface area contributed by atoms with Crippen molar-refractivity contribution in [3.8, 4) is 11.5 Å². The summed E-state index contributed by atoms with van der Waals surface area (Å²) in [7, 11) is -2.06. The number of carbonyl (C=O) groups excluding carboxylic acids is 2. The van der Waals surface area contributed by atoms with Crippen molar-refractivity contribution in [2.75, 3.05) is 30.8 Å². The molecule has 0 spiro atoms. The molecule has 0 heterocycles. The Morgan fingerprint density at radius 2 is 1.76 bits per heavy atom. The van der Waals surface area contributed by atoms with Gasteiger partial charge in [0.05, 0.1) is 25.7 Å². The molecule has 0 unspecified atom stereocenters. The molecule has 0 aliphatic carbocycles. The van der Waals surface area contributed by atoms with Crippen molar-refractivity contribution >= 4 is 27.5 Å². The van der Waals surface area contributed by atoms with Crippen molar-refractivity contribution in [3.05, 3.63) is 54.1 Å². The molecule has 2 aromatic rings. The second-order valence-corrected chi connectivity index (χ2v) is 11.1. The predicted molar refractivity (Wildman–Crippen MR) is 150 cm³/mol. The van der Waals surface area contributed by atoms with Gasteiger partial charge in [0.1, 0.15) is 17.5 Å². The minimum atomic E-state index is -3.63. The summed E-state index contributed by atoms with van der Waals surface area (Å²) in [5, 5.41) is 2.95. The first-order valence-electron chi connectivity index (χ1n) is 12.9. The van der Waals surface area contributed by atoms with Crippen LogP contribution in [0.1, 0.15) is 52.5 Å². The number of ether oxygens (including phenoxy) is 2. The Labute approximate surface area is 227 Å². The molecule has 2 rings (SSSR count). The van der Waals surface area contributed by atoms with E-state index in [9.17, 15) is 18.0 Å². The lowest BCUT2D eigenvalue weighted by Gasteiger charge is -2.30. The van der Waals surface area contributed by atoms with E-state index in [1.54, 1.807) is 38.3 Å². The van der Waals surface area contributed by atoms with E-state index >= 15 is 0 Å². The highest BCUT2D eigenvalue weighted by Gasteiger charge is 2.28. The third-order valence-corrected chi connectivity index (χ3v) is 7.42. The van der Waals surface area contributed by atoms with E-state index in [0.29, 0.717) is 23.8 Å². The molecule has 2 aromatic carbocycles. The molecule has 0 bridgehead atoms. The van der Waals surface area contributed by atoms with Gasteiger partial charge in [0, 0.05) is 25.6 Å². The SMILES string of the molecule is CCOc1ccccc1N(CCCC(=O)N(Cc1cccc(OC)c1)[C@H](C)C(=O)N[C@@H](C)CC)S(C)(=O)=O. The number of methoxy groups -OCH3 is 1. The second-order valence-electron chi connectivity index (χ2n) is 9.21. The molecule has 210 valence electrons. The zero-order valence-corrected chi connectivity index (χ0v) is 24.1. The molecule has 10 heteroatoms. The van der Waals surface area contributed by atoms with Gasteiger partial charge in [-0.3, -0.25) is 13.9 Å². The number of para-hydroxylation sites is 2. The van der Waals surface area contributed by atoms with Gasteiger partial charge in [-0.25, -0.2) is 8.42 Å². The Morgan fingerprint density at radius 1 is 1.05 bits per heavy atom. The first-order chi connectivity index (χ1) is 18.0. The summed E-state index contributed by atoms with van der Waals surface area (Å²) >= 11 is 0. The molecule has 0 fully saturated rings. The Hall–Kier alpha value is -3.27. The summed E-state index contributed by atoms with van der Waals surface area (Å²) in [6.45, 7) is 8.13. The number of carbonyl (C=O) groups is 2. The van der Waals surface area contributed by atoms with E-state index in [-0.39, 0.29) is 43.8 Å². The average Bonchev–Trinajstić information content (AvgIpc) is 2.89. The normalized spacial score (nSPS) is 12.8. The highest BCUT2D eigenvalue weighted by Crippen LogP contribution is 2.30. The summed E-state index contributed by atoms with van der Waals surface area (Å²) < 4.78 is 37.5. The highest BCUT2D eigenvalue weighted by atomic mass is 32.2. The fourth-order valence-electron chi connectivity index (χ4n) is 3.94. The molecule has 2 atom stereocenters. The minimum absolute atomic E-state index is 0.0209. The van der Waals surface area contributed by atoms with Gasteiger partial charge in [-0.15, -0.1) is 0 Å². The first kappa shape index (κ1) is 31.0. The van der Waals surface area contributed by atoms with Crippen LogP contribution in [-0.4, -0.2) is 63.7 Å². The summed E-state index contributed by atoms with van der Waals surface area (Å²) in [4.78, 5) is 27.9. The van der Waals surface area contributed by atoms with Gasteiger partial charge in [-0.1, -0.05) is 31.2 Å². The fraction of sp³-hybridized carbons (Fsp3) is 0.500. The monoisotopic (exact) mass is 547 g/mol. The highest BCUT2D eigenvalue weighted by molar-refractivity contribution is 7.92. The van der Waals surface area contributed by atoms with Gasteiger partial charge < -0.3 is 19.7 Å². The lowest BCUT2D eigenvalue weighted by Crippen LogP contribution is -2.49. The number of hydrogen-bond acceptors (Lipinski definition) is 6. The third kappa shape index (κ3) is 8.93. The molecule has 9 nitrogen and oxygen atoms in total.